The molecule has 2 nitrogen and oxygen atoms in total. The van der Waals surface area contributed by atoms with Crippen LogP contribution in [-0.2, 0) is 6.42 Å². The zero-order chi connectivity index (χ0) is 11.2. The fraction of sp³-hybridized carbons (Fsp3) is 0.571. The third-order valence-electron chi connectivity index (χ3n) is 3.37. The molecule has 0 aliphatic carbocycles. The van der Waals surface area contributed by atoms with Gasteiger partial charge < -0.3 is 10.1 Å². The first kappa shape index (κ1) is 11.5. The van der Waals surface area contributed by atoms with Crippen LogP contribution in [0.1, 0.15) is 31.2 Å². The van der Waals surface area contributed by atoms with Crippen molar-refractivity contribution in [2.75, 3.05) is 13.7 Å². The summed E-state index contributed by atoms with van der Waals surface area (Å²) in [5, 5.41) is 3.59. The van der Waals surface area contributed by atoms with Crippen LogP contribution in [0.15, 0.2) is 24.3 Å². The van der Waals surface area contributed by atoms with Crippen LogP contribution in [0.2, 0.25) is 0 Å². The molecule has 0 aromatic heterocycles. The van der Waals surface area contributed by atoms with E-state index in [4.69, 9.17) is 4.74 Å². The van der Waals surface area contributed by atoms with Gasteiger partial charge in [-0.05, 0) is 43.9 Å². The fourth-order valence-electron chi connectivity index (χ4n) is 2.41. The van der Waals surface area contributed by atoms with Crippen molar-refractivity contribution in [3.63, 3.8) is 0 Å². The van der Waals surface area contributed by atoms with Crippen molar-refractivity contribution < 1.29 is 4.74 Å². The molecular formula is C14H21NO. The maximum atomic E-state index is 5.36. The number of aryl methyl sites for hydroxylation is 1. The van der Waals surface area contributed by atoms with Gasteiger partial charge in [0.15, 0.2) is 0 Å². The molecule has 1 aromatic rings. The third-order valence-corrected chi connectivity index (χ3v) is 3.37. The molecule has 1 aliphatic heterocycles. The van der Waals surface area contributed by atoms with Crippen LogP contribution in [-0.4, -0.2) is 19.7 Å². The molecule has 1 heterocycles. The first-order valence-corrected chi connectivity index (χ1v) is 6.25. The van der Waals surface area contributed by atoms with Gasteiger partial charge >= 0.3 is 0 Å². The Morgan fingerprint density at radius 1 is 1.31 bits per heavy atom. The van der Waals surface area contributed by atoms with E-state index in [-0.39, 0.29) is 0 Å². The highest BCUT2D eigenvalue weighted by Crippen LogP contribution is 2.21. The monoisotopic (exact) mass is 219 g/mol. The number of hydrogen-bond donors (Lipinski definition) is 1. The number of nitrogens with one attached hydrogen (secondary N) is 1. The van der Waals surface area contributed by atoms with Crippen LogP contribution < -0.4 is 10.1 Å². The van der Waals surface area contributed by atoms with Crippen LogP contribution in [0, 0.1) is 0 Å². The van der Waals surface area contributed by atoms with Crippen molar-refractivity contribution in [3.8, 4) is 5.75 Å². The molecule has 1 saturated heterocycles. The fourth-order valence-corrected chi connectivity index (χ4v) is 2.41. The Balaban J connectivity index is 1.88. The molecule has 2 rings (SSSR count). The lowest BCUT2D eigenvalue weighted by molar-refractivity contribution is 0.376. The van der Waals surface area contributed by atoms with Crippen molar-refractivity contribution in [3.05, 3.63) is 29.8 Å². The number of benzene rings is 1. The van der Waals surface area contributed by atoms with Gasteiger partial charge in [-0.1, -0.05) is 24.6 Å². The third kappa shape index (κ3) is 2.99. The quantitative estimate of drug-likeness (QED) is 0.840. The molecule has 0 bridgehead atoms. The van der Waals surface area contributed by atoms with Gasteiger partial charge in [-0.3, -0.25) is 0 Å². The highest BCUT2D eigenvalue weighted by molar-refractivity contribution is 5.33. The topological polar surface area (TPSA) is 21.3 Å². The predicted octanol–water partition coefficient (Wildman–Crippen LogP) is 2.77. The summed E-state index contributed by atoms with van der Waals surface area (Å²) in [6, 6.07) is 9.04. The second-order valence-corrected chi connectivity index (χ2v) is 4.50. The summed E-state index contributed by atoms with van der Waals surface area (Å²) in [7, 11) is 1.75. The zero-order valence-corrected chi connectivity index (χ0v) is 10.0. The second kappa shape index (κ2) is 5.90. The summed E-state index contributed by atoms with van der Waals surface area (Å²) in [4.78, 5) is 0. The second-order valence-electron chi connectivity index (χ2n) is 4.50. The van der Waals surface area contributed by atoms with E-state index in [0.29, 0.717) is 6.04 Å². The van der Waals surface area contributed by atoms with Gasteiger partial charge in [-0.2, -0.15) is 0 Å². The van der Waals surface area contributed by atoms with Crippen molar-refractivity contribution >= 4 is 0 Å². The van der Waals surface area contributed by atoms with Crippen LogP contribution in [0.5, 0.6) is 5.75 Å². The van der Waals surface area contributed by atoms with Gasteiger partial charge in [0, 0.05) is 6.04 Å². The highest BCUT2D eigenvalue weighted by atomic mass is 16.5. The molecule has 1 fully saturated rings. The van der Waals surface area contributed by atoms with Crippen molar-refractivity contribution in [1.29, 1.82) is 0 Å². The Kier molecular flexibility index (Phi) is 4.23. The Labute approximate surface area is 98.0 Å². The van der Waals surface area contributed by atoms with Crippen molar-refractivity contribution in [2.24, 2.45) is 0 Å². The molecule has 2 heteroatoms. The molecule has 88 valence electrons. The lowest BCUT2D eigenvalue weighted by atomic mass is 9.97. The summed E-state index contributed by atoms with van der Waals surface area (Å²) >= 11 is 0. The standard InChI is InChI=1S/C14H21NO/c1-16-14-8-3-2-6-12(14)9-10-13-7-4-5-11-15-13/h2-3,6,8,13,15H,4-5,7,9-11H2,1H3. The van der Waals surface area contributed by atoms with Crippen LogP contribution in [0.4, 0.5) is 0 Å². The van der Waals surface area contributed by atoms with E-state index in [0.717, 1.165) is 12.2 Å². The van der Waals surface area contributed by atoms with Crippen LogP contribution in [0.25, 0.3) is 0 Å². The summed E-state index contributed by atoms with van der Waals surface area (Å²) in [6.45, 7) is 1.19. The van der Waals surface area contributed by atoms with Gasteiger partial charge in [0.2, 0.25) is 0 Å². The largest absolute Gasteiger partial charge is 0.496 e. The molecule has 16 heavy (non-hydrogen) atoms. The zero-order valence-electron chi connectivity index (χ0n) is 10.0. The normalized spacial score (nSPS) is 20.7. The molecule has 0 radical (unpaired) electrons. The van der Waals surface area contributed by atoms with E-state index in [1.54, 1.807) is 7.11 Å². The lowest BCUT2D eigenvalue weighted by Gasteiger charge is -2.23. The van der Waals surface area contributed by atoms with Crippen molar-refractivity contribution in [2.45, 2.75) is 38.1 Å². The molecular weight excluding hydrogens is 198 g/mol. The minimum Gasteiger partial charge on any atom is -0.496 e. The SMILES string of the molecule is COc1ccccc1CCC1CCCCN1. The average Bonchev–Trinajstić information content (AvgIpc) is 2.38. The molecule has 0 amide bonds. The van der Waals surface area contributed by atoms with E-state index >= 15 is 0 Å². The van der Waals surface area contributed by atoms with Crippen LogP contribution >= 0.6 is 0 Å². The maximum Gasteiger partial charge on any atom is 0.122 e. The Morgan fingerprint density at radius 3 is 2.94 bits per heavy atom. The molecule has 1 atom stereocenters. The summed E-state index contributed by atoms with van der Waals surface area (Å²) in [6.07, 6.45) is 6.38. The Morgan fingerprint density at radius 2 is 2.19 bits per heavy atom. The average molecular weight is 219 g/mol. The summed E-state index contributed by atoms with van der Waals surface area (Å²) in [5.74, 6) is 1.03. The van der Waals surface area contributed by atoms with Gasteiger partial charge in [0.25, 0.3) is 0 Å². The number of methoxy groups -OCH3 is 1. The molecule has 1 aromatic carbocycles. The molecule has 1 unspecified atom stereocenters. The van der Waals surface area contributed by atoms with Crippen LogP contribution in [0.3, 0.4) is 0 Å². The lowest BCUT2D eigenvalue weighted by Crippen LogP contribution is -2.34. The van der Waals surface area contributed by atoms with Gasteiger partial charge in [0.1, 0.15) is 5.75 Å². The van der Waals surface area contributed by atoms with Crippen molar-refractivity contribution in [1.82, 2.24) is 5.32 Å². The number of ether oxygens (including phenoxy) is 1. The smallest absolute Gasteiger partial charge is 0.122 e. The van der Waals surface area contributed by atoms with E-state index < -0.39 is 0 Å². The first-order valence-electron chi connectivity index (χ1n) is 6.25. The number of rotatable bonds is 4. The molecule has 1 aliphatic rings. The Hall–Kier alpha value is -1.02. The number of piperidine rings is 1. The Bertz CT molecular complexity index is 318. The predicted molar refractivity (Wildman–Crippen MR) is 67.0 cm³/mol. The van der Waals surface area contributed by atoms with E-state index in [2.05, 4.69) is 17.4 Å². The minimum absolute atomic E-state index is 0.707. The van der Waals surface area contributed by atoms with E-state index in [1.807, 2.05) is 12.1 Å². The first-order chi connectivity index (χ1) is 7.90. The minimum atomic E-state index is 0.707. The maximum absolute atomic E-state index is 5.36. The van der Waals surface area contributed by atoms with Gasteiger partial charge in [0.05, 0.1) is 7.11 Å². The van der Waals surface area contributed by atoms with E-state index in [1.165, 1.54) is 37.8 Å². The number of hydrogen-bond acceptors (Lipinski definition) is 2. The number of para-hydroxylation sites is 1. The van der Waals surface area contributed by atoms with E-state index in [9.17, 15) is 0 Å². The van der Waals surface area contributed by atoms with Gasteiger partial charge in [-0.25, -0.2) is 0 Å². The highest BCUT2D eigenvalue weighted by Gasteiger charge is 2.12. The van der Waals surface area contributed by atoms with Gasteiger partial charge in [-0.15, -0.1) is 0 Å². The molecule has 0 saturated carbocycles. The molecule has 0 spiro atoms. The summed E-state index contributed by atoms with van der Waals surface area (Å²) in [5.41, 5.74) is 1.33. The molecule has 1 N–H and O–H groups in total. The summed E-state index contributed by atoms with van der Waals surface area (Å²) < 4.78 is 5.36.